The van der Waals surface area contributed by atoms with Crippen molar-refractivity contribution in [3.05, 3.63) is 90.0 Å². The SMILES string of the molecule is CSc1ccc(C=NNC(=O)c2ccc(-c3ccccc3)cc2)cc1. The van der Waals surface area contributed by atoms with Crippen LogP contribution in [0.3, 0.4) is 0 Å². The van der Waals surface area contributed by atoms with E-state index in [1.165, 1.54) is 4.90 Å². The maximum absolute atomic E-state index is 12.2. The van der Waals surface area contributed by atoms with E-state index in [1.54, 1.807) is 30.1 Å². The average molecular weight is 346 g/mol. The van der Waals surface area contributed by atoms with E-state index >= 15 is 0 Å². The maximum Gasteiger partial charge on any atom is 0.271 e. The second kappa shape index (κ2) is 8.31. The number of carbonyl (C=O) groups is 1. The molecule has 0 saturated carbocycles. The van der Waals surface area contributed by atoms with Gasteiger partial charge in [-0.25, -0.2) is 5.43 Å². The van der Waals surface area contributed by atoms with Gasteiger partial charge < -0.3 is 0 Å². The number of nitrogens with zero attached hydrogens (tertiary/aromatic N) is 1. The number of thioether (sulfide) groups is 1. The zero-order valence-corrected chi connectivity index (χ0v) is 14.7. The summed E-state index contributed by atoms with van der Waals surface area (Å²) in [6.45, 7) is 0. The summed E-state index contributed by atoms with van der Waals surface area (Å²) in [4.78, 5) is 13.3. The van der Waals surface area contributed by atoms with Crippen LogP contribution in [0.5, 0.6) is 0 Å². The Labute approximate surface area is 151 Å². The maximum atomic E-state index is 12.2. The van der Waals surface area contributed by atoms with Gasteiger partial charge in [0.2, 0.25) is 0 Å². The quantitative estimate of drug-likeness (QED) is 0.408. The minimum Gasteiger partial charge on any atom is -0.267 e. The fourth-order valence-electron chi connectivity index (χ4n) is 2.36. The van der Waals surface area contributed by atoms with E-state index in [0.717, 1.165) is 16.7 Å². The minimum atomic E-state index is -0.225. The third-order valence-electron chi connectivity index (χ3n) is 3.75. The zero-order valence-electron chi connectivity index (χ0n) is 13.8. The number of hydrazone groups is 1. The molecule has 124 valence electrons. The van der Waals surface area contributed by atoms with Crippen LogP contribution in [0.25, 0.3) is 11.1 Å². The molecule has 0 spiro atoms. The lowest BCUT2D eigenvalue weighted by Crippen LogP contribution is -2.17. The Kier molecular flexibility index (Phi) is 5.65. The molecule has 3 nitrogen and oxygen atoms in total. The Morgan fingerprint density at radius 2 is 1.52 bits per heavy atom. The van der Waals surface area contributed by atoms with Gasteiger partial charge in [-0.2, -0.15) is 5.10 Å². The van der Waals surface area contributed by atoms with Crippen LogP contribution in [0.4, 0.5) is 0 Å². The van der Waals surface area contributed by atoms with E-state index in [4.69, 9.17) is 0 Å². The monoisotopic (exact) mass is 346 g/mol. The van der Waals surface area contributed by atoms with Gasteiger partial charge in [0, 0.05) is 10.5 Å². The molecular weight excluding hydrogens is 328 g/mol. The van der Waals surface area contributed by atoms with Crippen LogP contribution >= 0.6 is 11.8 Å². The molecule has 0 heterocycles. The standard InChI is InChI=1S/C21H18N2OS/c1-25-20-13-7-16(8-14-20)15-22-23-21(24)19-11-9-18(10-12-19)17-5-3-2-4-6-17/h2-15H,1H3,(H,23,24). The highest BCUT2D eigenvalue weighted by molar-refractivity contribution is 7.98. The molecule has 0 aromatic heterocycles. The largest absolute Gasteiger partial charge is 0.271 e. The third kappa shape index (κ3) is 4.58. The fourth-order valence-corrected chi connectivity index (χ4v) is 2.77. The molecular formula is C21H18N2OS. The van der Waals surface area contributed by atoms with Gasteiger partial charge in [-0.3, -0.25) is 4.79 Å². The summed E-state index contributed by atoms with van der Waals surface area (Å²) in [5.74, 6) is -0.225. The van der Waals surface area contributed by atoms with Crippen LogP contribution in [-0.4, -0.2) is 18.4 Å². The molecule has 0 atom stereocenters. The lowest BCUT2D eigenvalue weighted by Gasteiger charge is -2.03. The van der Waals surface area contributed by atoms with Gasteiger partial charge in [-0.1, -0.05) is 54.6 Å². The molecule has 1 amide bonds. The molecule has 3 aromatic carbocycles. The lowest BCUT2D eigenvalue weighted by atomic mass is 10.0. The van der Waals surface area contributed by atoms with Crippen molar-refractivity contribution in [2.45, 2.75) is 4.90 Å². The average Bonchev–Trinajstić information content (AvgIpc) is 2.69. The Hall–Kier alpha value is -2.85. The van der Waals surface area contributed by atoms with Gasteiger partial charge in [0.25, 0.3) is 5.91 Å². The van der Waals surface area contributed by atoms with Crippen LogP contribution in [-0.2, 0) is 0 Å². The van der Waals surface area contributed by atoms with Gasteiger partial charge in [-0.05, 0) is 47.2 Å². The number of hydrogen-bond donors (Lipinski definition) is 1. The summed E-state index contributed by atoms with van der Waals surface area (Å²) < 4.78 is 0. The topological polar surface area (TPSA) is 41.5 Å². The summed E-state index contributed by atoms with van der Waals surface area (Å²) in [5, 5.41) is 4.02. The van der Waals surface area contributed by atoms with Crippen molar-refractivity contribution in [3.8, 4) is 11.1 Å². The lowest BCUT2D eigenvalue weighted by molar-refractivity contribution is 0.0955. The van der Waals surface area contributed by atoms with Crippen molar-refractivity contribution in [1.82, 2.24) is 5.43 Å². The van der Waals surface area contributed by atoms with Crippen molar-refractivity contribution in [2.75, 3.05) is 6.26 Å². The first-order chi connectivity index (χ1) is 12.3. The zero-order chi connectivity index (χ0) is 17.5. The summed E-state index contributed by atoms with van der Waals surface area (Å²) in [5.41, 5.74) is 6.29. The van der Waals surface area contributed by atoms with Gasteiger partial charge in [-0.15, -0.1) is 11.8 Å². The first-order valence-corrected chi connectivity index (χ1v) is 9.12. The second-order valence-electron chi connectivity index (χ2n) is 5.42. The number of rotatable bonds is 5. The van der Waals surface area contributed by atoms with Crippen LogP contribution in [0.2, 0.25) is 0 Å². The predicted octanol–water partition coefficient (Wildman–Crippen LogP) is 4.84. The first kappa shape index (κ1) is 17.0. The van der Waals surface area contributed by atoms with E-state index in [0.29, 0.717) is 5.56 Å². The molecule has 4 heteroatoms. The normalized spacial score (nSPS) is 10.8. The van der Waals surface area contributed by atoms with E-state index in [-0.39, 0.29) is 5.91 Å². The van der Waals surface area contributed by atoms with Crippen LogP contribution in [0.1, 0.15) is 15.9 Å². The number of hydrogen-bond acceptors (Lipinski definition) is 3. The number of amides is 1. The molecule has 3 aromatic rings. The van der Waals surface area contributed by atoms with Crippen LogP contribution in [0.15, 0.2) is 88.9 Å². The minimum absolute atomic E-state index is 0.225. The summed E-state index contributed by atoms with van der Waals surface area (Å²) in [7, 11) is 0. The molecule has 0 saturated heterocycles. The van der Waals surface area contributed by atoms with E-state index in [1.807, 2.05) is 73.0 Å². The van der Waals surface area contributed by atoms with Gasteiger partial charge in [0.15, 0.2) is 0 Å². The van der Waals surface area contributed by atoms with Crippen molar-refractivity contribution in [1.29, 1.82) is 0 Å². The van der Waals surface area contributed by atoms with Crippen molar-refractivity contribution < 1.29 is 4.79 Å². The highest BCUT2D eigenvalue weighted by Gasteiger charge is 2.04. The Morgan fingerprint density at radius 1 is 0.880 bits per heavy atom. The van der Waals surface area contributed by atoms with Gasteiger partial charge in [0.1, 0.15) is 0 Å². The van der Waals surface area contributed by atoms with E-state index in [9.17, 15) is 4.79 Å². The number of nitrogens with one attached hydrogen (secondary N) is 1. The smallest absolute Gasteiger partial charge is 0.267 e. The molecule has 0 fully saturated rings. The van der Waals surface area contributed by atoms with Crippen LogP contribution in [0, 0.1) is 0 Å². The third-order valence-corrected chi connectivity index (χ3v) is 4.49. The molecule has 0 radical (unpaired) electrons. The summed E-state index contributed by atoms with van der Waals surface area (Å²) in [6.07, 6.45) is 3.67. The second-order valence-corrected chi connectivity index (χ2v) is 6.30. The highest BCUT2D eigenvalue weighted by atomic mass is 32.2. The van der Waals surface area contributed by atoms with Crippen molar-refractivity contribution in [3.63, 3.8) is 0 Å². The van der Waals surface area contributed by atoms with Crippen molar-refractivity contribution >= 4 is 23.9 Å². The first-order valence-electron chi connectivity index (χ1n) is 7.89. The Balaban J connectivity index is 1.62. The highest BCUT2D eigenvalue weighted by Crippen LogP contribution is 2.19. The Morgan fingerprint density at radius 3 is 2.16 bits per heavy atom. The molecule has 3 rings (SSSR count). The Bertz CT molecular complexity index is 857. The molecule has 0 aliphatic rings. The molecule has 25 heavy (non-hydrogen) atoms. The van der Waals surface area contributed by atoms with E-state index in [2.05, 4.69) is 10.5 Å². The molecule has 0 bridgehead atoms. The predicted molar refractivity (Wildman–Crippen MR) is 105 cm³/mol. The molecule has 1 N–H and O–H groups in total. The van der Waals surface area contributed by atoms with Crippen LogP contribution < -0.4 is 5.43 Å². The number of benzene rings is 3. The molecule has 0 aliphatic heterocycles. The van der Waals surface area contributed by atoms with Gasteiger partial charge in [0.05, 0.1) is 6.21 Å². The van der Waals surface area contributed by atoms with Crippen molar-refractivity contribution in [2.24, 2.45) is 5.10 Å². The molecule has 0 unspecified atom stereocenters. The number of carbonyl (C=O) groups excluding carboxylic acids is 1. The van der Waals surface area contributed by atoms with Gasteiger partial charge >= 0.3 is 0 Å². The summed E-state index contributed by atoms with van der Waals surface area (Å²) in [6, 6.07) is 25.5. The molecule has 0 aliphatic carbocycles. The van der Waals surface area contributed by atoms with E-state index < -0.39 is 0 Å². The fraction of sp³-hybridized carbons (Fsp3) is 0.0476. The summed E-state index contributed by atoms with van der Waals surface area (Å²) >= 11 is 1.69.